The fraction of sp³-hybridized carbons (Fsp3) is 0.111. The molecular weight excluding hydrogens is 374 g/mol. The minimum atomic E-state index is -3.82. The number of hydrogen-bond donors (Lipinski definition) is 2. The van der Waals surface area contributed by atoms with E-state index in [9.17, 15) is 13.2 Å². The van der Waals surface area contributed by atoms with Crippen LogP contribution in [-0.2, 0) is 16.6 Å². The van der Waals surface area contributed by atoms with Crippen molar-refractivity contribution in [3.8, 4) is 11.3 Å². The lowest BCUT2D eigenvalue weighted by Crippen LogP contribution is -2.23. The van der Waals surface area contributed by atoms with E-state index in [1.54, 1.807) is 6.07 Å². The number of nitrogens with one attached hydrogen (secondary N) is 2. The van der Waals surface area contributed by atoms with Gasteiger partial charge in [0, 0.05) is 18.2 Å². The Morgan fingerprint density at radius 3 is 2.46 bits per heavy atom. The van der Waals surface area contributed by atoms with Gasteiger partial charge in [0.1, 0.15) is 4.90 Å². The summed E-state index contributed by atoms with van der Waals surface area (Å²) in [6.45, 7) is 2.12. The number of aromatic nitrogens is 2. The van der Waals surface area contributed by atoms with Crippen LogP contribution in [0, 0.1) is 6.92 Å². The number of benzene rings is 2. The molecule has 0 atom stereocenters. The Morgan fingerprint density at radius 1 is 1.08 bits per heavy atom. The molecule has 2 aromatic carbocycles. The number of rotatable bonds is 5. The largest absolute Gasteiger partial charge is 0.268 e. The monoisotopic (exact) mass is 389 g/mol. The molecule has 3 rings (SSSR count). The smallest absolute Gasteiger partial charge is 0.264 e. The van der Waals surface area contributed by atoms with E-state index in [0.717, 1.165) is 11.1 Å². The Morgan fingerprint density at radius 2 is 1.81 bits per heavy atom. The maximum absolute atomic E-state index is 12.7. The van der Waals surface area contributed by atoms with Gasteiger partial charge in [-0.25, -0.2) is 18.2 Å². The maximum atomic E-state index is 12.7. The third-order valence-electron chi connectivity index (χ3n) is 3.78. The molecule has 0 spiro atoms. The highest BCUT2D eigenvalue weighted by molar-refractivity contribution is 7.89. The molecule has 6 nitrogen and oxygen atoms in total. The Bertz CT molecular complexity index is 1070. The fourth-order valence-electron chi connectivity index (χ4n) is 2.34. The fourth-order valence-corrected chi connectivity index (χ4v) is 3.88. The van der Waals surface area contributed by atoms with Crippen molar-refractivity contribution in [2.45, 2.75) is 18.4 Å². The van der Waals surface area contributed by atoms with Crippen molar-refractivity contribution in [2.75, 3.05) is 0 Å². The van der Waals surface area contributed by atoms with E-state index in [0.29, 0.717) is 11.3 Å². The van der Waals surface area contributed by atoms with Crippen molar-refractivity contribution in [1.82, 2.24) is 14.9 Å². The first kappa shape index (κ1) is 18.3. The third kappa shape index (κ3) is 4.19. The van der Waals surface area contributed by atoms with Gasteiger partial charge in [0.05, 0.1) is 10.7 Å². The van der Waals surface area contributed by atoms with Crippen LogP contribution in [0.25, 0.3) is 11.3 Å². The van der Waals surface area contributed by atoms with Crippen molar-refractivity contribution < 1.29 is 8.42 Å². The first-order valence-corrected chi connectivity index (χ1v) is 9.62. The molecule has 0 fully saturated rings. The highest BCUT2D eigenvalue weighted by atomic mass is 35.5. The molecule has 134 valence electrons. The topological polar surface area (TPSA) is 91.9 Å². The van der Waals surface area contributed by atoms with Crippen LogP contribution in [0.2, 0.25) is 5.02 Å². The van der Waals surface area contributed by atoms with Crippen LogP contribution in [0.3, 0.4) is 0 Å². The molecule has 0 saturated heterocycles. The van der Waals surface area contributed by atoms with Crippen LogP contribution >= 0.6 is 11.6 Å². The lowest BCUT2D eigenvalue weighted by atomic mass is 10.1. The van der Waals surface area contributed by atoms with Gasteiger partial charge < -0.3 is 0 Å². The molecule has 0 aliphatic rings. The molecule has 26 heavy (non-hydrogen) atoms. The van der Waals surface area contributed by atoms with Gasteiger partial charge in [-0.3, -0.25) is 4.79 Å². The average Bonchev–Trinajstić information content (AvgIpc) is 2.62. The quantitative estimate of drug-likeness (QED) is 0.701. The van der Waals surface area contributed by atoms with Crippen molar-refractivity contribution in [3.05, 3.63) is 81.1 Å². The minimum absolute atomic E-state index is 0.0446. The highest BCUT2D eigenvalue weighted by Crippen LogP contribution is 2.27. The molecule has 0 aliphatic carbocycles. The minimum Gasteiger partial charge on any atom is -0.268 e. The first-order valence-electron chi connectivity index (χ1n) is 7.76. The molecule has 8 heteroatoms. The normalized spacial score (nSPS) is 11.5. The Balaban J connectivity index is 1.88. The Kier molecular flexibility index (Phi) is 5.22. The lowest BCUT2D eigenvalue weighted by molar-refractivity contribution is 0.581. The number of aryl methyl sites for hydroxylation is 1. The van der Waals surface area contributed by atoms with E-state index in [4.69, 9.17) is 11.6 Å². The summed E-state index contributed by atoms with van der Waals surface area (Å²) in [4.78, 5) is 11.1. The van der Waals surface area contributed by atoms with E-state index >= 15 is 0 Å². The maximum Gasteiger partial charge on any atom is 0.264 e. The highest BCUT2D eigenvalue weighted by Gasteiger charge is 2.19. The van der Waals surface area contributed by atoms with Gasteiger partial charge in [-0.05, 0) is 30.7 Å². The summed E-state index contributed by atoms with van der Waals surface area (Å²) in [5, 5.41) is 6.33. The van der Waals surface area contributed by atoms with Crippen LogP contribution in [0.4, 0.5) is 0 Å². The summed E-state index contributed by atoms with van der Waals surface area (Å²) in [5.74, 6) is 0. The number of nitrogens with zero attached hydrogens (tertiary/aromatic N) is 1. The second kappa shape index (κ2) is 7.41. The zero-order chi connectivity index (χ0) is 18.7. The summed E-state index contributed by atoms with van der Waals surface area (Å²) in [7, 11) is -3.82. The third-order valence-corrected chi connectivity index (χ3v) is 5.67. The van der Waals surface area contributed by atoms with Gasteiger partial charge in [-0.2, -0.15) is 5.10 Å². The molecule has 1 aromatic heterocycles. The summed E-state index contributed by atoms with van der Waals surface area (Å²) < 4.78 is 27.9. The van der Waals surface area contributed by atoms with Crippen LogP contribution in [0.15, 0.2) is 64.3 Å². The average molecular weight is 390 g/mol. The number of aromatic amines is 1. The molecule has 0 radical (unpaired) electrons. The van der Waals surface area contributed by atoms with Gasteiger partial charge in [0.15, 0.2) is 0 Å². The van der Waals surface area contributed by atoms with Crippen LogP contribution in [0.1, 0.15) is 11.1 Å². The van der Waals surface area contributed by atoms with Crippen LogP contribution < -0.4 is 10.3 Å². The molecule has 0 saturated carbocycles. The van der Waals surface area contributed by atoms with Crippen molar-refractivity contribution >= 4 is 21.6 Å². The van der Waals surface area contributed by atoms with Gasteiger partial charge >= 0.3 is 0 Å². The van der Waals surface area contributed by atoms with Gasteiger partial charge in [-0.15, -0.1) is 0 Å². The van der Waals surface area contributed by atoms with Crippen molar-refractivity contribution in [1.29, 1.82) is 0 Å². The number of H-pyrrole nitrogens is 1. The summed E-state index contributed by atoms with van der Waals surface area (Å²) in [5.41, 5.74) is 2.57. The van der Waals surface area contributed by atoms with E-state index in [1.165, 1.54) is 24.3 Å². The second-order valence-electron chi connectivity index (χ2n) is 5.76. The zero-order valence-corrected chi connectivity index (χ0v) is 15.4. The molecule has 1 heterocycles. The lowest BCUT2D eigenvalue weighted by Gasteiger charge is -2.10. The van der Waals surface area contributed by atoms with Gasteiger partial charge in [0.25, 0.3) is 5.56 Å². The number of sulfonamides is 1. The molecule has 3 aromatic rings. The second-order valence-corrected chi connectivity index (χ2v) is 7.90. The zero-order valence-electron chi connectivity index (χ0n) is 13.9. The predicted molar refractivity (Wildman–Crippen MR) is 101 cm³/mol. The molecule has 0 bridgehead atoms. The Labute approximate surface area is 155 Å². The number of hydrogen-bond acceptors (Lipinski definition) is 4. The molecule has 0 unspecified atom stereocenters. The standard InChI is InChI=1S/C18H16ClN3O3S/c1-12-2-4-13(5-3-12)11-20-26(24,25)17-10-14(6-7-15(17)19)16-8-9-18(23)22-21-16/h2-10,20H,11H2,1H3,(H,22,23). The predicted octanol–water partition coefficient (Wildman–Crippen LogP) is 2.88. The van der Waals surface area contributed by atoms with Crippen molar-refractivity contribution in [3.63, 3.8) is 0 Å². The first-order chi connectivity index (χ1) is 12.3. The van der Waals surface area contributed by atoms with E-state index < -0.39 is 10.0 Å². The Hall–Kier alpha value is -2.48. The van der Waals surface area contributed by atoms with E-state index in [-0.39, 0.29) is 22.0 Å². The van der Waals surface area contributed by atoms with E-state index in [2.05, 4.69) is 14.9 Å². The molecular formula is C18H16ClN3O3S. The van der Waals surface area contributed by atoms with Crippen molar-refractivity contribution in [2.24, 2.45) is 0 Å². The number of halogens is 1. The van der Waals surface area contributed by atoms with E-state index in [1.807, 2.05) is 31.2 Å². The van der Waals surface area contributed by atoms with Crippen LogP contribution in [-0.4, -0.2) is 18.6 Å². The summed E-state index contributed by atoms with van der Waals surface area (Å²) in [6, 6.07) is 14.9. The molecule has 0 amide bonds. The summed E-state index contributed by atoms with van der Waals surface area (Å²) >= 11 is 6.10. The van der Waals surface area contributed by atoms with Crippen LogP contribution in [0.5, 0.6) is 0 Å². The summed E-state index contributed by atoms with van der Waals surface area (Å²) in [6.07, 6.45) is 0. The SMILES string of the molecule is Cc1ccc(CNS(=O)(=O)c2cc(-c3ccc(=O)[nH]n3)ccc2Cl)cc1. The van der Waals surface area contributed by atoms with Gasteiger partial charge in [-0.1, -0.05) is 47.5 Å². The van der Waals surface area contributed by atoms with Gasteiger partial charge in [0.2, 0.25) is 10.0 Å². The molecule has 0 aliphatic heterocycles. The molecule has 2 N–H and O–H groups in total.